The first kappa shape index (κ1) is 23.1. The number of nitrogens with one attached hydrogen (secondary N) is 1. The van der Waals surface area contributed by atoms with Crippen LogP contribution in [0.4, 0.5) is 0 Å². The topological polar surface area (TPSA) is 90.9 Å². The molecule has 1 rings (SSSR count). The van der Waals surface area contributed by atoms with Crippen molar-refractivity contribution in [3.63, 3.8) is 0 Å². The molecule has 0 saturated carbocycles. The summed E-state index contributed by atoms with van der Waals surface area (Å²) in [6.45, 7) is 5.83. The first-order chi connectivity index (χ1) is 13.0. The number of esters is 1. The Morgan fingerprint density at radius 1 is 1.11 bits per heavy atom. The van der Waals surface area contributed by atoms with Crippen LogP contribution < -0.4 is 5.32 Å². The van der Waals surface area contributed by atoms with Gasteiger partial charge in [-0.25, -0.2) is 4.79 Å². The Morgan fingerprint density at radius 2 is 1.74 bits per heavy atom. The maximum atomic E-state index is 13.0. The SMILES string of the molecule is CCOC(=O)C(/C=C(\Cc1ccccc1)CP(=O)(OCC)OCC)NC=O. The summed E-state index contributed by atoms with van der Waals surface area (Å²) in [4.78, 5) is 23.0. The van der Waals surface area contributed by atoms with E-state index in [1.807, 2.05) is 30.3 Å². The zero-order chi connectivity index (χ0) is 20.1. The van der Waals surface area contributed by atoms with Crippen molar-refractivity contribution in [2.24, 2.45) is 0 Å². The molecule has 1 aromatic rings. The van der Waals surface area contributed by atoms with Gasteiger partial charge in [0.1, 0.15) is 6.04 Å². The number of ether oxygens (including phenoxy) is 1. The maximum absolute atomic E-state index is 13.0. The molecule has 0 aliphatic rings. The Bertz CT molecular complexity index is 651. The molecule has 1 N–H and O–H groups in total. The van der Waals surface area contributed by atoms with Gasteiger partial charge in [-0.1, -0.05) is 42.0 Å². The zero-order valence-electron chi connectivity index (χ0n) is 16.1. The predicted molar refractivity (Wildman–Crippen MR) is 104 cm³/mol. The Labute approximate surface area is 160 Å². The van der Waals surface area contributed by atoms with Gasteiger partial charge < -0.3 is 19.1 Å². The highest BCUT2D eigenvalue weighted by molar-refractivity contribution is 7.54. The second-order valence-electron chi connectivity index (χ2n) is 5.61. The van der Waals surface area contributed by atoms with E-state index < -0.39 is 19.6 Å². The van der Waals surface area contributed by atoms with Gasteiger partial charge in [0.15, 0.2) is 0 Å². The molecule has 0 aliphatic heterocycles. The summed E-state index contributed by atoms with van der Waals surface area (Å²) in [5, 5.41) is 2.43. The van der Waals surface area contributed by atoms with E-state index in [-0.39, 0.29) is 26.0 Å². The third kappa shape index (κ3) is 8.52. The smallest absolute Gasteiger partial charge is 0.334 e. The lowest BCUT2D eigenvalue weighted by atomic mass is 10.0. The van der Waals surface area contributed by atoms with Crippen LogP contribution in [-0.4, -0.2) is 44.4 Å². The predicted octanol–water partition coefficient (Wildman–Crippen LogP) is 3.10. The number of benzene rings is 1. The standard InChI is InChI=1S/C19H28NO6P/c1-4-24-19(22)18(20-15-21)13-17(12-16-10-8-7-9-11-16)14-27(23,25-5-2)26-6-3/h7-11,13,15,18H,4-6,12,14H2,1-3H3,(H,20,21)/b17-13+. The summed E-state index contributed by atoms with van der Waals surface area (Å²) in [6, 6.07) is 8.55. The molecule has 0 heterocycles. The van der Waals surface area contributed by atoms with Crippen LogP contribution in [0.3, 0.4) is 0 Å². The molecule has 0 saturated heterocycles. The van der Waals surface area contributed by atoms with Crippen molar-refractivity contribution in [1.29, 1.82) is 0 Å². The van der Waals surface area contributed by atoms with Crippen molar-refractivity contribution in [3.8, 4) is 0 Å². The largest absolute Gasteiger partial charge is 0.464 e. The Morgan fingerprint density at radius 3 is 2.26 bits per heavy atom. The molecule has 1 amide bonds. The molecule has 1 unspecified atom stereocenters. The second-order valence-corrected chi connectivity index (χ2v) is 7.66. The number of amides is 1. The minimum atomic E-state index is -3.37. The lowest BCUT2D eigenvalue weighted by Crippen LogP contribution is -2.36. The average molecular weight is 397 g/mol. The van der Waals surface area contributed by atoms with Gasteiger partial charge in [0.2, 0.25) is 6.41 Å². The van der Waals surface area contributed by atoms with Gasteiger partial charge in [0, 0.05) is 0 Å². The van der Waals surface area contributed by atoms with Crippen LogP contribution in [0.1, 0.15) is 26.3 Å². The molecule has 150 valence electrons. The summed E-state index contributed by atoms with van der Waals surface area (Å²) in [7, 11) is -3.37. The summed E-state index contributed by atoms with van der Waals surface area (Å²) < 4.78 is 28.7. The van der Waals surface area contributed by atoms with Crippen molar-refractivity contribution in [1.82, 2.24) is 5.32 Å². The Kier molecular flexibility index (Phi) is 10.6. The van der Waals surface area contributed by atoms with Crippen molar-refractivity contribution in [2.45, 2.75) is 33.2 Å². The molecule has 0 fully saturated rings. The van der Waals surface area contributed by atoms with E-state index in [2.05, 4.69) is 5.32 Å². The number of hydrogen-bond acceptors (Lipinski definition) is 6. The zero-order valence-corrected chi connectivity index (χ0v) is 16.9. The molecule has 1 atom stereocenters. The van der Waals surface area contributed by atoms with Crippen LogP contribution in [0.25, 0.3) is 0 Å². The van der Waals surface area contributed by atoms with Crippen molar-refractivity contribution in [3.05, 3.63) is 47.5 Å². The Balaban J connectivity index is 3.19. The van der Waals surface area contributed by atoms with E-state index in [0.29, 0.717) is 18.4 Å². The number of hydrogen-bond donors (Lipinski definition) is 1. The van der Waals surface area contributed by atoms with E-state index in [4.69, 9.17) is 13.8 Å². The average Bonchev–Trinajstić information content (AvgIpc) is 2.62. The van der Waals surface area contributed by atoms with Gasteiger partial charge in [0.25, 0.3) is 0 Å². The lowest BCUT2D eigenvalue weighted by molar-refractivity contribution is -0.145. The molecule has 0 spiro atoms. The van der Waals surface area contributed by atoms with Crippen LogP contribution in [0.15, 0.2) is 42.0 Å². The van der Waals surface area contributed by atoms with Crippen molar-refractivity contribution >= 4 is 20.0 Å². The van der Waals surface area contributed by atoms with Crippen molar-refractivity contribution in [2.75, 3.05) is 26.0 Å². The summed E-state index contributed by atoms with van der Waals surface area (Å²) in [5.74, 6) is -0.585. The second kappa shape index (κ2) is 12.4. The fourth-order valence-electron chi connectivity index (χ4n) is 2.52. The van der Waals surface area contributed by atoms with Gasteiger partial charge in [-0.05, 0) is 32.8 Å². The molecule has 8 heteroatoms. The van der Waals surface area contributed by atoms with E-state index in [9.17, 15) is 14.2 Å². The normalized spacial score (nSPS) is 13.1. The highest BCUT2D eigenvalue weighted by Gasteiger charge is 2.27. The van der Waals surface area contributed by atoms with E-state index >= 15 is 0 Å². The number of allylic oxidation sites excluding steroid dienone is 1. The molecule has 0 aliphatic carbocycles. The molecular weight excluding hydrogens is 369 g/mol. The third-order valence-electron chi connectivity index (χ3n) is 3.51. The van der Waals surface area contributed by atoms with Crippen LogP contribution in [0.2, 0.25) is 0 Å². The van der Waals surface area contributed by atoms with Gasteiger partial charge in [-0.2, -0.15) is 0 Å². The monoisotopic (exact) mass is 397 g/mol. The number of carbonyl (C=O) groups is 2. The molecule has 27 heavy (non-hydrogen) atoms. The van der Waals surface area contributed by atoms with Crippen LogP contribution in [0.5, 0.6) is 0 Å². The van der Waals surface area contributed by atoms with Gasteiger partial charge in [0.05, 0.1) is 26.0 Å². The molecule has 0 radical (unpaired) electrons. The van der Waals surface area contributed by atoms with Crippen LogP contribution >= 0.6 is 7.60 Å². The molecule has 0 aromatic heterocycles. The van der Waals surface area contributed by atoms with Crippen LogP contribution in [0, 0.1) is 0 Å². The summed E-state index contributed by atoms with van der Waals surface area (Å²) in [6.07, 6.45) is 2.44. The molecule has 0 bridgehead atoms. The maximum Gasteiger partial charge on any atom is 0.334 e. The minimum absolute atomic E-state index is 0.0139. The highest BCUT2D eigenvalue weighted by atomic mass is 31.2. The van der Waals surface area contributed by atoms with E-state index in [1.165, 1.54) is 0 Å². The van der Waals surface area contributed by atoms with Crippen molar-refractivity contribution < 1.29 is 27.9 Å². The Hall–Kier alpha value is -1.95. The molecule has 1 aromatic carbocycles. The lowest BCUT2D eigenvalue weighted by Gasteiger charge is -2.20. The first-order valence-corrected chi connectivity index (χ1v) is 10.7. The highest BCUT2D eigenvalue weighted by Crippen LogP contribution is 2.49. The first-order valence-electron chi connectivity index (χ1n) is 8.95. The van der Waals surface area contributed by atoms with E-state index in [0.717, 1.165) is 5.56 Å². The quantitative estimate of drug-likeness (QED) is 0.238. The fraction of sp³-hybridized carbons (Fsp3) is 0.474. The van der Waals surface area contributed by atoms with Crippen LogP contribution in [-0.2, 0) is 34.4 Å². The fourth-order valence-corrected chi connectivity index (χ4v) is 4.28. The van der Waals surface area contributed by atoms with E-state index in [1.54, 1.807) is 26.8 Å². The van der Waals surface area contributed by atoms with Gasteiger partial charge in [-0.3, -0.25) is 9.36 Å². The summed E-state index contributed by atoms with van der Waals surface area (Å²) in [5.41, 5.74) is 1.62. The summed E-state index contributed by atoms with van der Waals surface area (Å²) >= 11 is 0. The number of carbonyl (C=O) groups excluding carboxylic acids is 2. The molecular formula is C19H28NO6P. The minimum Gasteiger partial charge on any atom is -0.464 e. The third-order valence-corrected chi connectivity index (χ3v) is 5.61. The number of rotatable bonds is 13. The van der Waals surface area contributed by atoms with Gasteiger partial charge in [-0.15, -0.1) is 0 Å². The molecule has 7 nitrogen and oxygen atoms in total. The van der Waals surface area contributed by atoms with Gasteiger partial charge >= 0.3 is 13.6 Å².